The molecule has 0 bridgehead atoms. The summed E-state index contributed by atoms with van der Waals surface area (Å²) in [5.41, 5.74) is 3.95. The van der Waals surface area contributed by atoms with Crippen LogP contribution >= 0.6 is 0 Å². The molecule has 5 amide bonds. The fourth-order valence-corrected chi connectivity index (χ4v) is 5.56. The summed E-state index contributed by atoms with van der Waals surface area (Å²) in [5, 5.41) is 0. The third-order valence-electron chi connectivity index (χ3n) is 7.58. The summed E-state index contributed by atoms with van der Waals surface area (Å²) in [4.78, 5) is 46.5. The number of benzene rings is 3. The molecule has 182 valence electrons. The van der Waals surface area contributed by atoms with Gasteiger partial charge in [0, 0.05) is 37.7 Å². The molecule has 3 unspecified atom stereocenters. The number of piperazine rings is 1. The zero-order valence-electron chi connectivity index (χ0n) is 20.2. The van der Waals surface area contributed by atoms with Crippen molar-refractivity contribution in [1.29, 1.82) is 0 Å². The number of nitrogens with zero attached hydrogens (tertiary/aromatic N) is 4. The SMILES string of the molecule is CN(C(=O)N1CCN2C(=O)N(C3CC3c3ccccc3)C(=O)C2C1)c1ccccc1-c1ccccc1. The van der Waals surface area contributed by atoms with Crippen molar-refractivity contribution >= 4 is 23.7 Å². The Balaban J connectivity index is 1.18. The van der Waals surface area contributed by atoms with Gasteiger partial charge in [-0.15, -0.1) is 0 Å². The van der Waals surface area contributed by atoms with Crippen molar-refractivity contribution in [1.82, 2.24) is 14.7 Å². The summed E-state index contributed by atoms with van der Waals surface area (Å²) in [5.74, 6) is 0.00656. The molecule has 6 rings (SSSR count). The molecular formula is C29H28N4O3. The zero-order valence-corrected chi connectivity index (χ0v) is 20.2. The number of anilines is 1. The monoisotopic (exact) mass is 480 g/mol. The van der Waals surface area contributed by atoms with Crippen LogP contribution in [0.3, 0.4) is 0 Å². The van der Waals surface area contributed by atoms with Crippen LogP contribution < -0.4 is 4.90 Å². The summed E-state index contributed by atoms with van der Waals surface area (Å²) in [6, 6.07) is 26.7. The minimum absolute atomic E-state index is 0.0948. The molecule has 3 fully saturated rings. The van der Waals surface area contributed by atoms with Gasteiger partial charge in [-0.05, 0) is 23.6 Å². The lowest BCUT2D eigenvalue weighted by atomic mass is 10.0. The van der Waals surface area contributed by atoms with Crippen molar-refractivity contribution in [2.45, 2.75) is 24.4 Å². The van der Waals surface area contributed by atoms with Crippen molar-refractivity contribution in [2.24, 2.45) is 0 Å². The molecule has 0 N–H and O–H groups in total. The zero-order chi connectivity index (χ0) is 24.8. The van der Waals surface area contributed by atoms with E-state index in [4.69, 9.17) is 0 Å². The predicted octanol–water partition coefficient (Wildman–Crippen LogP) is 4.41. The highest BCUT2D eigenvalue weighted by Crippen LogP contribution is 2.47. The molecule has 7 heteroatoms. The van der Waals surface area contributed by atoms with Gasteiger partial charge < -0.3 is 9.80 Å². The van der Waals surface area contributed by atoms with Crippen molar-refractivity contribution in [3.05, 3.63) is 90.5 Å². The van der Waals surface area contributed by atoms with Gasteiger partial charge in [-0.2, -0.15) is 0 Å². The average Bonchev–Trinajstić information content (AvgIpc) is 3.68. The Kier molecular flexibility index (Phi) is 5.48. The molecule has 1 aliphatic carbocycles. The van der Waals surface area contributed by atoms with E-state index >= 15 is 0 Å². The third-order valence-corrected chi connectivity index (χ3v) is 7.58. The van der Waals surface area contributed by atoms with E-state index < -0.39 is 6.04 Å². The second-order valence-electron chi connectivity index (χ2n) is 9.69. The molecule has 1 saturated carbocycles. The Morgan fingerprint density at radius 1 is 0.861 bits per heavy atom. The van der Waals surface area contributed by atoms with Crippen molar-refractivity contribution in [3.63, 3.8) is 0 Å². The number of amides is 5. The second kappa shape index (κ2) is 8.82. The van der Waals surface area contributed by atoms with Gasteiger partial charge in [0.25, 0.3) is 5.91 Å². The maximum atomic E-state index is 13.5. The van der Waals surface area contributed by atoms with Gasteiger partial charge in [0.2, 0.25) is 0 Å². The smallest absolute Gasteiger partial charge is 0.320 e. The van der Waals surface area contributed by atoms with Gasteiger partial charge in [0.1, 0.15) is 6.04 Å². The van der Waals surface area contributed by atoms with Crippen LogP contribution in [-0.4, -0.2) is 71.4 Å². The highest BCUT2D eigenvalue weighted by atomic mass is 16.2. The standard InChI is InChI=1S/C29H28N4O3/c1-30(24-15-9-8-14-22(24)20-10-4-2-5-11-20)28(35)31-16-17-32-26(19-31)27(34)33(29(32)36)25-18-23(25)21-12-6-3-7-13-21/h2-15,23,25-26H,16-19H2,1H3. The van der Waals surface area contributed by atoms with Gasteiger partial charge in [-0.25, -0.2) is 9.59 Å². The van der Waals surface area contributed by atoms with Crippen LogP contribution in [-0.2, 0) is 4.79 Å². The van der Waals surface area contributed by atoms with Gasteiger partial charge in [-0.1, -0.05) is 78.9 Å². The Bertz CT molecular complexity index is 1310. The van der Waals surface area contributed by atoms with Gasteiger partial charge >= 0.3 is 12.1 Å². The molecule has 7 nitrogen and oxygen atoms in total. The Hall–Kier alpha value is -4.13. The first-order chi connectivity index (χ1) is 17.5. The fourth-order valence-electron chi connectivity index (χ4n) is 5.56. The lowest BCUT2D eigenvalue weighted by molar-refractivity contribution is -0.129. The van der Waals surface area contributed by atoms with Crippen LogP contribution in [0.25, 0.3) is 11.1 Å². The van der Waals surface area contributed by atoms with E-state index in [-0.39, 0.29) is 36.5 Å². The van der Waals surface area contributed by atoms with Gasteiger partial charge in [-0.3, -0.25) is 14.6 Å². The minimum Gasteiger partial charge on any atom is -0.320 e. The summed E-state index contributed by atoms with van der Waals surface area (Å²) in [6.07, 6.45) is 0.795. The fraction of sp³-hybridized carbons (Fsp3) is 0.276. The molecule has 2 saturated heterocycles. The van der Waals surface area contributed by atoms with Crippen molar-refractivity contribution < 1.29 is 14.4 Å². The van der Waals surface area contributed by atoms with Gasteiger partial charge in [0.15, 0.2) is 0 Å². The van der Waals surface area contributed by atoms with E-state index in [1.807, 2.05) is 84.9 Å². The minimum atomic E-state index is -0.620. The molecule has 2 heterocycles. The van der Waals surface area contributed by atoms with Crippen LogP contribution in [0.5, 0.6) is 0 Å². The molecule has 36 heavy (non-hydrogen) atoms. The number of rotatable bonds is 4. The largest absolute Gasteiger partial charge is 0.327 e. The van der Waals surface area contributed by atoms with Crippen LogP contribution in [0.4, 0.5) is 15.3 Å². The Morgan fingerprint density at radius 2 is 1.53 bits per heavy atom. The average molecular weight is 481 g/mol. The van der Waals surface area contributed by atoms with Crippen LogP contribution in [0, 0.1) is 0 Å². The summed E-state index contributed by atoms with van der Waals surface area (Å²) in [6.45, 7) is 0.960. The topological polar surface area (TPSA) is 64.2 Å². The Labute approximate surface area is 210 Å². The summed E-state index contributed by atoms with van der Waals surface area (Å²) >= 11 is 0. The summed E-state index contributed by atoms with van der Waals surface area (Å²) < 4.78 is 0. The number of hydrogen-bond donors (Lipinski definition) is 0. The molecule has 3 aromatic rings. The highest BCUT2D eigenvalue weighted by molar-refractivity contribution is 6.06. The third kappa shape index (κ3) is 3.71. The number of carbonyl (C=O) groups excluding carboxylic acids is 3. The molecule has 0 radical (unpaired) electrons. The molecule has 3 atom stereocenters. The second-order valence-corrected chi connectivity index (χ2v) is 9.69. The van der Waals surface area contributed by atoms with E-state index in [1.54, 1.807) is 21.7 Å². The Morgan fingerprint density at radius 3 is 2.28 bits per heavy atom. The van der Waals surface area contributed by atoms with E-state index in [0.717, 1.165) is 28.8 Å². The lowest BCUT2D eigenvalue weighted by Gasteiger charge is -2.37. The number of para-hydroxylation sites is 1. The van der Waals surface area contributed by atoms with Crippen molar-refractivity contribution in [2.75, 3.05) is 31.6 Å². The maximum Gasteiger partial charge on any atom is 0.327 e. The quantitative estimate of drug-likeness (QED) is 0.520. The molecule has 0 aromatic heterocycles. The highest BCUT2D eigenvalue weighted by Gasteiger charge is 2.56. The van der Waals surface area contributed by atoms with E-state index in [2.05, 4.69) is 0 Å². The number of urea groups is 2. The molecule has 2 aliphatic heterocycles. The van der Waals surface area contributed by atoms with Crippen LogP contribution in [0.15, 0.2) is 84.9 Å². The lowest BCUT2D eigenvalue weighted by Crippen LogP contribution is -2.57. The molecule has 0 spiro atoms. The normalized spacial score (nSPS) is 23.0. The summed E-state index contributed by atoms with van der Waals surface area (Å²) in [7, 11) is 1.76. The maximum absolute atomic E-state index is 13.5. The first kappa shape index (κ1) is 22.3. The van der Waals surface area contributed by atoms with E-state index in [9.17, 15) is 14.4 Å². The molecule has 3 aromatic carbocycles. The van der Waals surface area contributed by atoms with E-state index in [1.165, 1.54) is 4.90 Å². The van der Waals surface area contributed by atoms with E-state index in [0.29, 0.717) is 13.1 Å². The van der Waals surface area contributed by atoms with Crippen molar-refractivity contribution in [3.8, 4) is 11.1 Å². The number of imide groups is 1. The molecule has 3 aliphatic rings. The first-order valence-corrected chi connectivity index (χ1v) is 12.4. The number of hydrogen-bond acceptors (Lipinski definition) is 3. The van der Waals surface area contributed by atoms with Gasteiger partial charge in [0.05, 0.1) is 12.2 Å². The first-order valence-electron chi connectivity index (χ1n) is 12.4. The van der Waals surface area contributed by atoms with Crippen LogP contribution in [0.1, 0.15) is 17.9 Å². The predicted molar refractivity (Wildman–Crippen MR) is 138 cm³/mol. The molecular weight excluding hydrogens is 452 g/mol. The number of carbonyl (C=O) groups is 3. The van der Waals surface area contributed by atoms with Crippen LogP contribution in [0.2, 0.25) is 0 Å². The number of fused-ring (bicyclic) bond motifs is 1.